The third kappa shape index (κ3) is 3.96. The van der Waals surface area contributed by atoms with Gasteiger partial charge in [-0.3, -0.25) is 4.79 Å². The summed E-state index contributed by atoms with van der Waals surface area (Å²) in [5.74, 6) is -0.744. The van der Waals surface area contributed by atoms with Crippen LogP contribution in [0.1, 0.15) is 28.4 Å². The highest BCUT2D eigenvalue weighted by atomic mass is 79.9. The molecule has 0 saturated heterocycles. The van der Waals surface area contributed by atoms with E-state index in [1.54, 1.807) is 12.1 Å². The number of rotatable bonds is 5. The molecule has 96 valence electrons. The van der Waals surface area contributed by atoms with Crippen molar-refractivity contribution in [3.63, 3.8) is 0 Å². The Morgan fingerprint density at radius 3 is 2.67 bits per heavy atom. The first-order valence-corrected chi connectivity index (χ1v) is 6.65. The van der Waals surface area contributed by atoms with Gasteiger partial charge in [0.2, 0.25) is 0 Å². The van der Waals surface area contributed by atoms with Gasteiger partial charge in [0.05, 0.1) is 4.83 Å². The highest BCUT2D eigenvalue weighted by Crippen LogP contribution is 2.29. The van der Waals surface area contributed by atoms with Crippen LogP contribution in [0.4, 0.5) is 0 Å². The average Bonchev–Trinajstić information content (AvgIpc) is 2.34. The summed E-state index contributed by atoms with van der Waals surface area (Å²) in [6.07, 6.45) is 2.50. The van der Waals surface area contributed by atoms with Crippen molar-refractivity contribution in [2.45, 2.75) is 17.6 Å². The van der Waals surface area contributed by atoms with Crippen LogP contribution < -0.4 is 0 Å². The molecule has 1 aromatic carbocycles. The Hall–Kier alpha value is -1.13. The number of carboxylic acids is 1. The Labute approximate surface area is 119 Å². The monoisotopic (exact) mass is 330 g/mol. The molecule has 0 saturated carbocycles. The summed E-state index contributed by atoms with van der Waals surface area (Å²) < 4.78 is 0. The van der Waals surface area contributed by atoms with Crippen LogP contribution in [0.2, 0.25) is 0 Å². The summed E-state index contributed by atoms with van der Waals surface area (Å²) in [5.41, 5.74) is 2.27. The third-order valence-corrected chi connectivity index (χ3v) is 3.79. The summed E-state index contributed by atoms with van der Waals surface area (Å²) in [4.78, 5) is 21.5. The molecule has 1 unspecified atom stereocenters. The first-order valence-electron chi connectivity index (χ1n) is 5.20. The van der Waals surface area contributed by atoms with Crippen LogP contribution in [0.25, 0.3) is 6.08 Å². The molecular weight excluding hydrogens is 319 g/mol. The van der Waals surface area contributed by atoms with Gasteiger partial charge >= 0.3 is 5.97 Å². The Morgan fingerprint density at radius 1 is 1.50 bits per heavy atom. The molecule has 0 spiro atoms. The minimum absolute atomic E-state index is 0.0430. The molecule has 3 nitrogen and oxygen atoms in total. The fourth-order valence-electron chi connectivity index (χ4n) is 1.46. The zero-order valence-electron chi connectivity index (χ0n) is 9.69. The predicted molar refractivity (Wildman–Crippen MR) is 75.0 cm³/mol. The second-order valence-corrected chi connectivity index (χ2v) is 4.92. The normalized spacial score (nSPS) is 12.6. The summed E-state index contributed by atoms with van der Waals surface area (Å²) in [5, 5.41) is 8.65. The number of halogens is 2. The number of carbonyl (C=O) groups is 2. The molecule has 0 aliphatic carbocycles. The molecule has 1 rings (SSSR count). The van der Waals surface area contributed by atoms with Crippen LogP contribution in [-0.4, -0.2) is 16.9 Å². The largest absolute Gasteiger partial charge is 0.478 e. The van der Waals surface area contributed by atoms with Gasteiger partial charge in [-0.2, -0.15) is 0 Å². The van der Waals surface area contributed by atoms with Crippen LogP contribution in [-0.2, 0) is 15.5 Å². The maximum Gasteiger partial charge on any atom is 0.328 e. The lowest BCUT2D eigenvalue weighted by Crippen LogP contribution is -2.03. The van der Waals surface area contributed by atoms with Gasteiger partial charge in [0.25, 0.3) is 0 Å². The van der Waals surface area contributed by atoms with Gasteiger partial charge in [-0.25, -0.2) is 4.79 Å². The second kappa shape index (κ2) is 6.71. The number of Topliss-reactive ketones (excluding diaryl/α,β-unsaturated/α-hetero) is 1. The molecule has 0 bridgehead atoms. The van der Waals surface area contributed by atoms with Crippen molar-refractivity contribution in [2.24, 2.45) is 0 Å². The fourth-order valence-corrected chi connectivity index (χ4v) is 2.05. The Balaban J connectivity index is 3.24. The summed E-state index contributed by atoms with van der Waals surface area (Å²) >= 11 is 9.03. The Bertz CT molecular complexity index is 497. The summed E-state index contributed by atoms with van der Waals surface area (Å²) in [7, 11) is 0. The van der Waals surface area contributed by atoms with E-state index >= 15 is 0 Å². The fraction of sp³-hybridized carbons (Fsp3) is 0.231. The minimum Gasteiger partial charge on any atom is -0.478 e. The van der Waals surface area contributed by atoms with Gasteiger partial charge < -0.3 is 5.11 Å². The molecule has 0 heterocycles. The van der Waals surface area contributed by atoms with E-state index < -0.39 is 10.8 Å². The first-order chi connectivity index (χ1) is 8.45. The molecule has 0 amide bonds. The van der Waals surface area contributed by atoms with Gasteiger partial charge in [-0.1, -0.05) is 34.1 Å². The Kier molecular flexibility index (Phi) is 5.56. The number of carbonyl (C=O) groups excluding carboxylic acids is 1. The molecule has 1 atom stereocenters. The first kappa shape index (κ1) is 14.9. The zero-order chi connectivity index (χ0) is 13.7. The maximum absolute atomic E-state index is 11.4. The molecule has 0 aliphatic rings. The van der Waals surface area contributed by atoms with Crippen LogP contribution in [0.5, 0.6) is 0 Å². The van der Waals surface area contributed by atoms with Gasteiger partial charge in [0, 0.05) is 12.0 Å². The van der Waals surface area contributed by atoms with Crippen molar-refractivity contribution in [3.05, 3.63) is 41.0 Å². The number of hydrogen-bond acceptors (Lipinski definition) is 2. The van der Waals surface area contributed by atoms with E-state index in [0.29, 0.717) is 11.4 Å². The average molecular weight is 332 g/mol. The van der Waals surface area contributed by atoms with Crippen LogP contribution in [0.15, 0.2) is 24.3 Å². The lowest BCUT2D eigenvalue weighted by molar-refractivity contribution is -0.131. The number of hydrogen-bond donors (Lipinski definition) is 1. The molecule has 0 radical (unpaired) electrons. The van der Waals surface area contributed by atoms with E-state index in [2.05, 4.69) is 15.9 Å². The molecule has 5 heteroatoms. The van der Waals surface area contributed by atoms with Gasteiger partial charge in [-0.05, 0) is 29.7 Å². The van der Waals surface area contributed by atoms with Crippen molar-refractivity contribution in [1.29, 1.82) is 0 Å². The van der Waals surface area contributed by atoms with Crippen molar-refractivity contribution in [3.8, 4) is 0 Å². The van der Waals surface area contributed by atoms with Crippen molar-refractivity contribution >= 4 is 45.4 Å². The number of aliphatic carboxylic acids is 1. The molecule has 18 heavy (non-hydrogen) atoms. The standard InChI is InChI=1S/C13H12BrClO3/c1-8(16)13(14)11-4-2-9(7-15)6-10(11)3-5-12(17)18/h2-6,13H,7H2,1H3,(H,17,18). The molecular formula is C13H12BrClO3. The van der Waals surface area contributed by atoms with E-state index in [0.717, 1.165) is 17.2 Å². The Morgan fingerprint density at radius 2 is 2.17 bits per heavy atom. The van der Waals surface area contributed by atoms with Crippen LogP contribution in [0.3, 0.4) is 0 Å². The molecule has 1 aromatic rings. The highest BCUT2D eigenvalue weighted by molar-refractivity contribution is 9.09. The van der Waals surface area contributed by atoms with Crippen LogP contribution >= 0.6 is 27.5 Å². The topological polar surface area (TPSA) is 54.4 Å². The number of carboxylic acid groups (broad SMARTS) is 1. The molecule has 0 fully saturated rings. The maximum atomic E-state index is 11.4. The third-order valence-electron chi connectivity index (χ3n) is 2.34. The van der Waals surface area contributed by atoms with E-state index in [-0.39, 0.29) is 5.78 Å². The molecule has 0 aliphatic heterocycles. The van der Waals surface area contributed by atoms with Gasteiger partial charge in [0.1, 0.15) is 5.78 Å². The minimum atomic E-state index is -1.04. The second-order valence-electron chi connectivity index (χ2n) is 3.74. The van der Waals surface area contributed by atoms with Gasteiger partial charge in [-0.15, -0.1) is 11.6 Å². The SMILES string of the molecule is CC(=O)C(Br)c1ccc(CCl)cc1C=CC(=O)O. The summed E-state index contributed by atoms with van der Waals surface area (Å²) in [6, 6.07) is 5.37. The molecule has 1 N–H and O–H groups in total. The van der Waals surface area contributed by atoms with Crippen LogP contribution in [0, 0.1) is 0 Å². The highest BCUT2D eigenvalue weighted by Gasteiger charge is 2.15. The smallest absolute Gasteiger partial charge is 0.328 e. The quantitative estimate of drug-likeness (QED) is 0.663. The lowest BCUT2D eigenvalue weighted by Gasteiger charge is -2.11. The number of benzene rings is 1. The molecule has 0 aromatic heterocycles. The van der Waals surface area contributed by atoms with Gasteiger partial charge in [0.15, 0.2) is 0 Å². The van der Waals surface area contributed by atoms with E-state index in [1.807, 2.05) is 6.07 Å². The van der Waals surface area contributed by atoms with Crippen molar-refractivity contribution in [2.75, 3.05) is 0 Å². The number of ketones is 1. The zero-order valence-corrected chi connectivity index (χ0v) is 12.0. The van der Waals surface area contributed by atoms with Crippen molar-refractivity contribution < 1.29 is 14.7 Å². The van der Waals surface area contributed by atoms with E-state index in [1.165, 1.54) is 13.0 Å². The van der Waals surface area contributed by atoms with E-state index in [9.17, 15) is 9.59 Å². The number of alkyl halides is 2. The summed E-state index contributed by atoms with van der Waals surface area (Å²) in [6.45, 7) is 1.47. The van der Waals surface area contributed by atoms with E-state index in [4.69, 9.17) is 16.7 Å². The predicted octanol–water partition coefficient (Wildman–Crippen LogP) is 3.55. The van der Waals surface area contributed by atoms with Crippen molar-refractivity contribution in [1.82, 2.24) is 0 Å². The lowest BCUT2D eigenvalue weighted by atomic mass is 10.00.